The Kier molecular flexibility index (Phi) is 3.61. The number of aryl methyl sites for hydroxylation is 2. The van der Waals surface area contributed by atoms with Crippen LogP contribution >= 0.6 is 0 Å². The summed E-state index contributed by atoms with van der Waals surface area (Å²) >= 11 is 0. The van der Waals surface area contributed by atoms with Gasteiger partial charge in [0.05, 0.1) is 6.54 Å². The summed E-state index contributed by atoms with van der Waals surface area (Å²) in [5.41, 5.74) is 2.54. The number of carbonyl (C=O) groups excluding carboxylic acids is 2. The molecule has 0 unspecified atom stereocenters. The van der Waals surface area contributed by atoms with E-state index in [1.165, 1.54) is 11.4 Å². The Morgan fingerprint density at radius 1 is 1.24 bits per heavy atom. The van der Waals surface area contributed by atoms with Crippen molar-refractivity contribution in [3.05, 3.63) is 23.5 Å². The Balaban J connectivity index is 1.60. The lowest BCUT2D eigenvalue weighted by Gasteiger charge is -2.34. The van der Waals surface area contributed by atoms with Crippen molar-refractivity contribution >= 4 is 12.0 Å². The summed E-state index contributed by atoms with van der Waals surface area (Å²) in [6, 6.07) is 4.72. The molecule has 6 nitrogen and oxygen atoms in total. The van der Waals surface area contributed by atoms with Crippen LogP contribution in [0.4, 0.5) is 4.79 Å². The zero-order chi connectivity index (χ0) is 15.0. The van der Waals surface area contributed by atoms with Crippen LogP contribution in [0.25, 0.3) is 0 Å². The number of carbonyl (C=O) groups is 2. The first kappa shape index (κ1) is 14.0. The molecular formula is C15H21N3O3. The van der Waals surface area contributed by atoms with Gasteiger partial charge >= 0.3 is 6.09 Å². The van der Waals surface area contributed by atoms with Crippen molar-refractivity contribution in [2.24, 2.45) is 0 Å². The molecule has 0 bridgehead atoms. The molecule has 3 rings (SSSR count). The van der Waals surface area contributed by atoms with Crippen molar-refractivity contribution < 1.29 is 14.3 Å². The number of hydrogen-bond donors (Lipinski definition) is 1. The Morgan fingerprint density at radius 3 is 2.38 bits per heavy atom. The number of nitrogens with one attached hydrogen (secondary N) is 1. The number of rotatable bonds is 2. The maximum atomic E-state index is 12.3. The van der Waals surface area contributed by atoms with E-state index in [0.29, 0.717) is 19.1 Å². The molecule has 0 saturated carbocycles. The first-order chi connectivity index (χ1) is 10.1. The van der Waals surface area contributed by atoms with E-state index in [1.54, 1.807) is 0 Å². The van der Waals surface area contributed by atoms with Gasteiger partial charge < -0.3 is 19.5 Å². The summed E-state index contributed by atoms with van der Waals surface area (Å²) in [4.78, 5) is 25.1. The van der Waals surface area contributed by atoms with Crippen LogP contribution in [0, 0.1) is 13.8 Å². The number of nitrogens with zero attached hydrogens (tertiary/aromatic N) is 2. The van der Waals surface area contributed by atoms with Crippen LogP contribution in [0.3, 0.4) is 0 Å². The van der Waals surface area contributed by atoms with Crippen LogP contribution in [-0.4, -0.2) is 47.2 Å². The van der Waals surface area contributed by atoms with Gasteiger partial charge in [-0.15, -0.1) is 0 Å². The predicted molar refractivity (Wildman–Crippen MR) is 77.0 cm³/mol. The van der Waals surface area contributed by atoms with Gasteiger partial charge in [0.25, 0.3) is 5.91 Å². The lowest BCUT2D eigenvalue weighted by molar-refractivity contribution is -0.139. The van der Waals surface area contributed by atoms with Gasteiger partial charge in [0.2, 0.25) is 0 Å². The fourth-order valence-electron chi connectivity index (χ4n) is 3.33. The van der Waals surface area contributed by atoms with Gasteiger partial charge in [-0.25, -0.2) is 4.79 Å². The van der Waals surface area contributed by atoms with Crippen molar-refractivity contribution in [1.82, 2.24) is 14.8 Å². The molecule has 0 spiro atoms. The third kappa shape index (κ3) is 2.62. The molecule has 1 aromatic rings. The van der Waals surface area contributed by atoms with E-state index >= 15 is 0 Å². The highest BCUT2D eigenvalue weighted by atomic mass is 16.6. The van der Waals surface area contributed by atoms with Crippen molar-refractivity contribution in [2.75, 3.05) is 19.6 Å². The molecule has 6 heteroatoms. The summed E-state index contributed by atoms with van der Waals surface area (Å²) in [7, 11) is 0. The average Bonchev–Trinajstić information content (AvgIpc) is 3.05. The van der Waals surface area contributed by atoms with Gasteiger partial charge in [-0.2, -0.15) is 0 Å². The van der Waals surface area contributed by atoms with E-state index in [4.69, 9.17) is 4.74 Å². The van der Waals surface area contributed by atoms with Crippen LogP contribution in [0.5, 0.6) is 0 Å². The second-order valence-corrected chi connectivity index (χ2v) is 5.82. The largest absolute Gasteiger partial charge is 0.434 e. The van der Waals surface area contributed by atoms with E-state index in [9.17, 15) is 9.59 Å². The number of ether oxygens (including phenoxy) is 1. The van der Waals surface area contributed by atoms with Crippen molar-refractivity contribution in [1.29, 1.82) is 0 Å². The number of hydrogen-bond acceptors (Lipinski definition) is 3. The first-order valence-corrected chi connectivity index (χ1v) is 7.44. The number of aromatic nitrogens is 1. The van der Waals surface area contributed by atoms with Crippen LogP contribution in [-0.2, 0) is 9.53 Å². The second-order valence-electron chi connectivity index (χ2n) is 5.82. The maximum absolute atomic E-state index is 12.3. The third-order valence-electron chi connectivity index (χ3n) is 4.42. The van der Waals surface area contributed by atoms with E-state index < -0.39 is 12.2 Å². The summed E-state index contributed by atoms with van der Waals surface area (Å²) in [6.45, 7) is 5.96. The van der Waals surface area contributed by atoms with Crippen LogP contribution < -0.4 is 5.32 Å². The van der Waals surface area contributed by atoms with Gasteiger partial charge in [0.1, 0.15) is 0 Å². The number of piperidine rings is 1. The fraction of sp³-hybridized carbons (Fsp3) is 0.600. The quantitative estimate of drug-likeness (QED) is 0.895. The molecule has 2 fully saturated rings. The number of amides is 2. The lowest BCUT2D eigenvalue weighted by atomic mass is 10.0. The summed E-state index contributed by atoms with van der Waals surface area (Å²) in [5.74, 6) is -0.0762. The molecule has 3 heterocycles. The molecule has 0 aromatic carbocycles. The predicted octanol–water partition coefficient (Wildman–Crippen LogP) is 1.38. The smallest absolute Gasteiger partial charge is 0.408 e. The van der Waals surface area contributed by atoms with Crippen molar-refractivity contribution in [3.63, 3.8) is 0 Å². The first-order valence-electron chi connectivity index (χ1n) is 7.44. The van der Waals surface area contributed by atoms with Crippen LogP contribution in [0.2, 0.25) is 0 Å². The Labute approximate surface area is 124 Å². The van der Waals surface area contributed by atoms with Gasteiger partial charge in [0, 0.05) is 30.5 Å². The fourth-order valence-corrected chi connectivity index (χ4v) is 3.33. The zero-order valence-electron chi connectivity index (χ0n) is 12.5. The van der Waals surface area contributed by atoms with Crippen molar-refractivity contribution in [2.45, 2.75) is 38.8 Å². The zero-order valence-corrected chi connectivity index (χ0v) is 12.5. The third-order valence-corrected chi connectivity index (χ3v) is 4.42. The Bertz CT molecular complexity index is 539. The van der Waals surface area contributed by atoms with Gasteiger partial charge in [-0.05, 0) is 38.8 Å². The minimum absolute atomic E-state index is 0.0762. The highest BCUT2D eigenvalue weighted by Gasteiger charge is 2.34. The summed E-state index contributed by atoms with van der Waals surface area (Å²) < 4.78 is 7.33. The van der Waals surface area contributed by atoms with E-state index in [-0.39, 0.29) is 12.5 Å². The van der Waals surface area contributed by atoms with Crippen molar-refractivity contribution in [3.8, 4) is 0 Å². The van der Waals surface area contributed by atoms with Gasteiger partial charge in [-0.3, -0.25) is 4.79 Å². The maximum Gasteiger partial charge on any atom is 0.408 e. The standard InChI is InChI=1S/C15H21N3O3/c1-10-3-4-11(2)18(10)12-5-7-17(8-6-12)14(19)13-9-16-15(20)21-13/h3-4,12-13H,5-9H2,1-2H3,(H,16,20)/t13-/m0/s1. The monoisotopic (exact) mass is 291 g/mol. The molecule has 114 valence electrons. The van der Waals surface area contributed by atoms with Gasteiger partial charge in [-0.1, -0.05) is 0 Å². The molecular weight excluding hydrogens is 270 g/mol. The van der Waals surface area contributed by atoms with Gasteiger partial charge in [0.15, 0.2) is 6.10 Å². The van der Waals surface area contributed by atoms with E-state index in [0.717, 1.165) is 12.8 Å². The molecule has 0 radical (unpaired) electrons. The molecule has 2 aliphatic heterocycles. The molecule has 1 N–H and O–H groups in total. The molecule has 2 saturated heterocycles. The molecule has 1 atom stereocenters. The normalized spacial score (nSPS) is 23.0. The van der Waals surface area contributed by atoms with E-state index in [1.807, 2.05) is 4.90 Å². The summed E-state index contributed by atoms with van der Waals surface area (Å²) in [6.07, 6.45) is 0.734. The second kappa shape index (κ2) is 5.42. The molecule has 1 aromatic heterocycles. The number of cyclic esters (lactones) is 1. The number of alkyl carbamates (subject to hydrolysis) is 1. The minimum atomic E-state index is -0.649. The molecule has 2 amide bonds. The van der Waals surface area contributed by atoms with Crippen LogP contribution in [0.15, 0.2) is 12.1 Å². The molecule has 0 aliphatic carbocycles. The summed E-state index contributed by atoms with van der Waals surface area (Å²) in [5, 5.41) is 2.52. The minimum Gasteiger partial charge on any atom is -0.434 e. The Morgan fingerprint density at radius 2 is 1.86 bits per heavy atom. The molecule has 21 heavy (non-hydrogen) atoms. The highest BCUT2D eigenvalue weighted by molar-refractivity contribution is 5.86. The Hall–Kier alpha value is -1.98. The topological polar surface area (TPSA) is 63.6 Å². The number of likely N-dealkylation sites (tertiary alicyclic amines) is 1. The van der Waals surface area contributed by atoms with Crippen LogP contribution in [0.1, 0.15) is 30.3 Å². The average molecular weight is 291 g/mol. The molecule has 2 aliphatic rings. The lowest BCUT2D eigenvalue weighted by Crippen LogP contribution is -2.45. The highest BCUT2D eigenvalue weighted by Crippen LogP contribution is 2.27. The van der Waals surface area contributed by atoms with E-state index in [2.05, 4.69) is 35.9 Å². The SMILES string of the molecule is Cc1ccc(C)n1C1CCN(C(=O)[C@@H]2CNC(=O)O2)CC1.